The van der Waals surface area contributed by atoms with Crippen molar-refractivity contribution in [3.63, 3.8) is 0 Å². The number of hydrogen-bond acceptors (Lipinski definition) is 6. The zero-order valence-corrected chi connectivity index (χ0v) is 14.2. The fourth-order valence-corrected chi connectivity index (χ4v) is 3.36. The summed E-state index contributed by atoms with van der Waals surface area (Å²) in [6.45, 7) is 2.45. The number of likely N-dealkylation sites (tertiary alicyclic amines) is 2. The molecular weight excluding hydrogens is 312 g/mol. The Bertz CT molecular complexity index is 595. The van der Waals surface area contributed by atoms with Crippen LogP contribution in [0.1, 0.15) is 36.9 Å². The van der Waals surface area contributed by atoms with Crippen molar-refractivity contribution in [2.75, 3.05) is 40.4 Å². The molecule has 1 aromatic rings. The van der Waals surface area contributed by atoms with Crippen LogP contribution < -0.4 is 0 Å². The molecule has 2 aliphatic rings. The summed E-state index contributed by atoms with van der Waals surface area (Å²) >= 11 is 0. The fourth-order valence-electron chi connectivity index (χ4n) is 3.36. The first kappa shape index (κ1) is 16.9. The summed E-state index contributed by atoms with van der Waals surface area (Å²) in [4.78, 5) is 32.1. The molecule has 0 radical (unpaired) electrons. The van der Waals surface area contributed by atoms with Crippen LogP contribution in [-0.2, 0) is 20.7 Å². The molecule has 24 heavy (non-hydrogen) atoms. The van der Waals surface area contributed by atoms with E-state index in [1.807, 2.05) is 4.90 Å². The molecule has 1 aromatic heterocycles. The minimum atomic E-state index is -0.192. The molecule has 3 heterocycles. The first-order valence-electron chi connectivity index (χ1n) is 8.42. The van der Waals surface area contributed by atoms with Gasteiger partial charge in [-0.25, -0.2) is 0 Å². The first-order valence-corrected chi connectivity index (χ1v) is 8.42. The van der Waals surface area contributed by atoms with Crippen LogP contribution in [0.15, 0.2) is 4.52 Å². The highest BCUT2D eigenvalue weighted by Gasteiger charge is 2.36. The van der Waals surface area contributed by atoms with Gasteiger partial charge in [0.1, 0.15) is 0 Å². The van der Waals surface area contributed by atoms with E-state index in [1.165, 1.54) is 0 Å². The van der Waals surface area contributed by atoms with Crippen LogP contribution in [0, 0.1) is 5.92 Å². The summed E-state index contributed by atoms with van der Waals surface area (Å²) in [5.74, 6) is 1.48. The topological polar surface area (TPSA) is 88.8 Å². The Morgan fingerprint density at radius 1 is 1.38 bits per heavy atom. The fraction of sp³-hybridized carbons (Fsp3) is 0.750. The van der Waals surface area contributed by atoms with Gasteiger partial charge in [-0.05, 0) is 12.8 Å². The lowest BCUT2D eigenvalue weighted by Gasteiger charge is -2.32. The van der Waals surface area contributed by atoms with Crippen molar-refractivity contribution >= 4 is 11.8 Å². The van der Waals surface area contributed by atoms with Crippen molar-refractivity contribution < 1.29 is 18.8 Å². The minimum absolute atomic E-state index is 0.0534. The lowest BCUT2D eigenvalue weighted by molar-refractivity contribution is -0.136. The van der Waals surface area contributed by atoms with Gasteiger partial charge < -0.3 is 19.1 Å². The second kappa shape index (κ2) is 7.29. The van der Waals surface area contributed by atoms with Gasteiger partial charge in [-0.1, -0.05) is 5.16 Å². The number of rotatable bonds is 5. The number of amides is 2. The second-order valence-electron chi connectivity index (χ2n) is 6.57. The Labute approximate surface area is 141 Å². The maximum Gasteiger partial charge on any atom is 0.229 e. The van der Waals surface area contributed by atoms with Crippen LogP contribution in [0.5, 0.6) is 0 Å². The quantitative estimate of drug-likeness (QED) is 0.775. The second-order valence-corrected chi connectivity index (χ2v) is 6.57. The summed E-state index contributed by atoms with van der Waals surface area (Å²) < 4.78 is 10.4. The first-order chi connectivity index (χ1) is 11.6. The van der Waals surface area contributed by atoms with Crippen molar-refractivity contribution in [3.05, 3.63) is 11.7 Å². The maximum absolute atomic E-state index is 12.5. The van der Waals surface area contributed by atoms with Crippen LogP contribution in [0.4, 0.5) is 0 Å². The normalized spacial score (nSPS) is 22.4. The Kier molecular flexibility index (Phi) is 5.13. The van der Waals surface area contributed by atoms with E-state index in [9.17, 15) is 9.59 Å². The number of piperidine rings is 1. The number of carbonyl (C=O) groups is 2. The van der Waals surface area contributed by atoms with Gasteiger partial charge in [0, 0.05) is 52.6 Å². The van der Waals surface area contributed by atoms with E-state index >= 15 is 0 Å². The molecule has 2 aliphatic heterocycles. The van der Waals surface area contributed by atoms with E-state index in [4.69, 9.17) is 9.26 Å². The summed E-state index contributed by atoms with van der Waals surface area (Å²) in [6.07, 6.45) is 2.60. The highest BCUT2D eigenvalue weighted by Crippen LogP contribution is 2.28. The highest BCUT2D eigenvalue weighted by atomic mass is 16.5. The monoisotopic (exact) mass is 336 g/mol. The molecule has 2 amide bonds. The summed E-state index contributed by atoms with van der Waals surface area (Å²) in [5, 5.41) is 3.97. The predicted molar refractivity (Wildman–Crippen MR) is 84.2 cm³/mol. The van der Waals surface area contributed by atoms with Crippen molar-refractivity contribution in [2.45, 2.75) is 31.6 Å². The minimum Gasteiger partial charge on any atom is -0.384 e. The van der Waals surface area contributed by atoms with E-state index in [1.54, 1.807) is 19.1 Å². The molecule has 0 spiro atoms. The third-order valence-electron chi connectivity index (χ3n) is 4.86. The molecule has 3 rings (SSSR count). The largest absolute Gasteiger partial charge is 0.384 e. The molecule has 0 saturated carbocycles. The van der Waals surface area contributed by atoms with E-state index in [0.29, 0.717) is 50.8 Å². The van der Waals surface area contributed by atoms with E-state index in [0.717, 1.165) is 12.8 Å². The highest BCUT2D eigenvalue weighted by molar-refractivity contribution is 5.89. The molecule has 0 aromatic carbocycles. The number of ether oxygens (including phenoxy) is 1. The Balaban J connectivity index is 1.51. The number of hydrogen-bond donors (Lipinski definition) is 0. The van der Waals surface area contributed by atoms with Crippen LogP contribution in [-0.4, -0.2) is 72.2 Å². The zero-order valence-electron chi connectivity index (χ0n) is 14.2. The molecule has 2 saturated heterocycles. The van der Waals surface area contributed by atoms with Crippen molar-refractivity contribution in [2.24, 2.45) is 5.92 Å². The Morgan fingerprint density at radius 2 is 2.12 bits per heavy atom. The van der Waals surface area contributed by atoms with E-state index in [2.05, 4.69) is 10.1 Å². The van der Waals surface area contributed by atoms with Gasteiger partial charge in [-0.3, -0.25) is 9.59 Å². The van der Waals surface area contributed by atoms with Crippen molar-refractivity contribution in [1.29, 1.82) is 0 Å². The predicted octanol–water partition coefficient (Wildman–Crippen LogP) is 0.443. The molecule has 132 valence electrons. The van der Waals surface area contributed by atoms with Gasteiger partial charge in [0.05, 0.1) is 12.5 Å². The van der Waals surface area contributed by atoms with Crippen LogP contribution in [0.2, 0.25) is 0 Å². The van der Waals surface area contributed by atoms with Crippen LogP contribution in [0.3, 0.4) is 0 Å². The van der Waals surface area contributed by atoms with Gasteiger partial charge in [-0.15, -0.1) is 0 Å². The number of nitrogens with zero attached hydrogens (tertiary/aromatic N) is 4. The lowest BCUT2D eigenvalue weighted by Crippen LogP contribution is -2.42. The number of aromatic nitrogens is 2. The Morgan fingerprint density at radius 3 is 2.75 bits per heavy atom. The maximum atomic E-state index is 12.5. The Hall–Kier alpha value is -1.96. The molecule has 1 atom stereocenters. The van der Waals surface area contributed by atoms with Gasteiger partial charge in [0.2, 0.25) is 17.7 Å². The molecule has 0 N–H and O–H groups in total. The van der Waals surface area contributed by atoms with Gasteiger partial charge in [-0.2, -0.15) is 4.98 Å². The molecule has 8 heteroatoms. The van der Waals surface area contributed by atoms with Gasteiger partial charge in [0.15, 0.2) is 5.82 Å². The molecule has 8 nitrogen and oxygen atoms in total. The summed E-state index contributed by atoms with van der Waals surface area (Å²) in [7, 11) is 3.39. The summed E-state index contributed by atoms with van der Waals surface area (Å²) in [6, 6.07) is 0. The number of methoxy groups -OCH3 is 1. The lowest BCUT2D eigenvalue weighted by atomic mass is 9.95. The third-order valence-corrected chi connectivity index (χ3v) is 4.86. The van der Waals surface area contributed by atoms with Crippen LogP contribution >= 0.6 is 0 Å². The molecular formula is C16H24N4O4. The molecule has 2 fully saturated rings. The SMILES string of the molecule is COCCc1noc(C2CCN(C(=O)[C@@H]3CC(=O)N(C)C3)CC2)n1. The van der Waals surface area contributed by atoms with Gasteiger partial charge >= 0.3 is 0 Å². The average molecular weight is 336 g/mol. The number of carbonyl (C=O) groups excluding carboxylic acids is 2. The zero-order chi connectivity index (χ0) is 17.1. The van der Waals surface area contributed by atoms with E-state index in [-0.39, 0.29) is 23.7 Å². The smallest absolute Gasteiger partial charge is 0.229 e. The molecule has 0 bridgehead atoms. The third kappa shape index (κ3) is 3.58. The van der Waals surface area contributed by atoms with Crippen LogP contribution in [0.25, 0.3) is 0 Å². The standard InChI is InChI=1S/C16H24N4O4/c1-19-10-12(9-14(19)21)16(22)20-6-3-11(4-7-20)15-17-13(18-24-15)5-8-23-2/h11-12H,3-10H2,1-2H3/t12-/m1/s1. The average Bonchev–Trinajstić information content (AvgIpc) is 3.20. The summed E-state index contributed by atoms with van der Waals surface area (Å²) in [5.41, 5.74) is 0. The van der Waals surface area contributed by atoms with Crippen molar-refractivity contribution in [1.82, 2.24) is 19.9 Å². The van der Waals surface area contributed by atoms with Gasteiger partial charge in [0.25, 0.3) is 0 Å². The molecule has 0 unspecified atom stereocenters. The van der Waals surface area contributed by atoms with Crippen molar-refractivity contribution in [3.8, 4) is 0 Å². The van der Waals surface area contributed by atoms with E-state index < -0.39 is 0 Å². The molecule has 0 aliphatic carbocycles.